The van der Waals surface area contributed by atoms with E-state index in [-0.39, 0.29) is 6.10 Å². The lowest BCUT2D eigenvalue weighted by Gasteiger charge is -2.20. The third-order valence-electron chi connectivity index (χ3n) is 2.11. The molecule has 2 rings (SSSR count). The van der Waals surface area contributed by atoms with Gasteiger partial charge in [-0.3, -0.25) is 0 Å². The minimum absolute atomic E-state index is 0.278. The summed E-state index contributed by atoms with van der Waals surface area (Å²) in [4.78, 5) is 2.24. The Morgan fingerprint density at radius 3 is 3.14 bits per heavy atom. The summed E-state index contributed by atoms with van der Waals surface area (Å²) >= 11 is 4.89. The first-order valence-corrected chi connectivity index (χ1v) is 6.22. The lowest BCUT2D eigenvalue weighted by molar-refractivity contribution is 0.0821. The summed E-state index contributed by atoms with van der Waals surface area (Å²) in [6, 6.07) is 0. The van der Waals surface area contributed by atoms with Crippen molar-refractivity contribution in [1.82, 2.24) is 10.2 Å². The van der Waals surface area contributed by atoms with Crippen LogP contribution in [0, 0.1) is 0 Å². The van der Waals surface area contributed by atoms with Crippen molar-refractivity contribution in [3.8, 4) is 0 Å². The number of nitrogens with zero attached hydrogens (tertiary/aromatic N) is 3. The average molecular weight is 278 g/mol. The number of hydrogen-bond acceptors (Lipinski definition) is 5. The van der Waals surface area contributed by atoms with Crippen molar-refractivity contribution in [2.75, 3.05) is 24.6 Å². The van der Waals surface area contributed by atoms with E-state index in [4.69, 9.17) is 4.74 Å². The summed E-state index contributed by atoms with van der Waals surface area (Å²) < 4.78 is 6.40. The molecule has 0 radical (unpaired) electrons. The van der Waals surface area contributed by atoms with Gasteiger partial charge in [-0.25, -0.2) is 0 Å². The molecule has 4 nitrogen and oxygen atoms in total. The number of ether oxygens (including phenoxy) is 1. The molecule has 6 heteroatoms. The van der Waals surface area contributed by atoms with Gasteiger partial charge in [0.2, 0.25) is 5.13 Å². The van der Waals surface area contributed by atoms with Gasteiger partial charge < -0.3 is 9.64 Å². The van der Waals surface area contributed by atoms with E-state index in [2.05, 4.69) is 38.0 Å². The Kier molecular flexibility index (Phi) is 3.35. The van der Waals surface area contributed by atoms with Crippen molar-refractivity contribution in [2.24, 2.45) is 0 Å². The van der Waals surface area contributed by atoms with Crippen molar-refractivity contribution in [2.45, 2.75) is 19.4 Å². The quantitative estimate of drug-likeness (QED) is 0.786. The predicted molar refractivity (Wildman–Crippen MR) is 59.9 cm³/mol. The van der Waals surface area contributed by atoms with Crippen LogP contribution in [-0.2, 0) is 4.74 Å². The molecule has 0 spiro atoms. The molecule has 2 heterocycles. The highest BCUT2D eigenvalue weighted by Crippen LogP contribution is 2.25. The Morgan fingerprint density at radius 1 is 1.57 bits per heavy atom. The molecule has 1 aliphatic rings. The Bertz CT molecular complexity index is 307. The van der Waals surface area contributed by atoms with E-state index in [9.17, 15) is 0 Å². The van der Waals surface area contributed by atoms with Crippen molar-refractivity contribution < 1.29 is 4.74 Å². The van der Waals surface area contributed by atoms with Crippen LogP contribution in [0.4, 0.5) is 5.13 Å². The first kappa shape index (κ1) is 10.3. The van der Waals surface area contributed by atoms with E-state index in [0.29, 0.717) is 0 Å². The van der Waals surface area contributed by atoms with Crippen LogP contribution in [0.25, 0.3) is 0 Å². The monoisotopic (exact) mass is 277 g/mol. The second-order valence-corrected chi connectivity index (χ2v) is 5.55. The fourth-order valence-corrected chi connectivity index (χ4v) is 2.62. The van der Waals surface area contributed by atoms with E-state index in [1.54, 1.807) is 11.3 Å². The van der Waals surface area contributed by atoms with E-state index >= 15 is 0 Å². The standard InChI is InChI=1S/C8H12BrN3OS/c1-6-5-12(3-2-4-13-6)8-11-10-7(9)14-8/h6H,2-5H2,1H3. The molecule has 0 aliphatic carbocycles. The van der Waals surface area contributed by atoms with Gasteiger partial charge in [-0.2, -0.15) is 0 Å². The van der Waals surface area contributed by atoms with Crippen molar-refractivity contribution in [3.63, 3.8) is 0 Å². The number of hydrogen-bond donors (Lipinski definition) is 0. The zero-order valence-electron chi connectivity index (χ0n) is 7.94. The molecule has 14 heavy (non-hydrogen) atoms. The molecule has 1 saturated heterocycles. The highest BCUT2D eigenvalue weighted by atomic mass is 79.9. The summed E-state index contributed by atoms with van der Waals surface area (Å²) in [5.41, 5.74) is 0. The van der Waals surface area contributed by atoms with Gasteiger partial charge in [0.1, 0.15) is 0 Å². The van der Waals surface area contributed by atoms with Crippen molar-refractivity contribution in [1.29, 1.82) is 0 Å². The highest BCUT2D eigenvalue weighted by Gasteiger charge is 2.18. The molecule has 1 aromatic heterocycles. The van der Waals surface area contributed by atoms with E-state index < -0.39 is 0 Å². The van der Waals surface area contributed by atoms with Gasteiger partial charge in [-0.05, 0) is 29.3 Å². The molecule has 0 amide bonds. The molecular weight excluding hydrogens is 266 g/mol. The molecule has 0 N–H and O–H groups in total. The van der Waals surface area contributed by atoms with Gasteiger partial charge >= 0.3 is 0 Å². The Balaban J connectivity index is 2.08. The van der Waals surface area contributed by atoms with Crippen molar-refractivity contribution >= 4 is 32.4 Å². The van der Waals surface area contributed by atoms with Gasteiger partial charge in [0, 0.05) is 19.7 Å². The molecule has 0 saturated carbocycles. The first-order valence-electron chi connectivity index (χ1n) is 4.61. The molecule has 1 unspecified atom stereocenters. The fourth-order valence-electron chi connectivity index (χ4n) is 1.49. The zero-order valence-corrected chi connectivity index (χ0v) is 10.3. The average Bonchev–Trinajstić information content (AvgIpc) is 2.45. The summed E-state index contributed by atoms with van der Waals surface area (Å²) in [5.74, 6) is 0. The summed E-state index contributed by atoms with van der Waals surface area (Å²) in [7, 11) is 0. The van der Waals surface area contributed by atoms with E-state index in [0.717, 1.165) is 35.2 Å². The highest BCUT2D eigenvalue weighted by molar-refractivity contribution is 9.11. The first-order chi connectivity index (χ1) is 6.75. The van der Waals surface area contributed by atoms with Crippen LogP contribution in [-0.4, -0.2) is 36.0 Å². The van der Waals surface area contributed by atoms with E-state index in [1.807, 2.05) is 0 Å². The van der Waals surface area contributed by atoms with Gasteiger partial charge in [0.25, 0.3) is 0 Å². The lowest BCUT2D eigenvalue weighted by atomic mass is 10.4. The minimum atomic E-state index is 0.278. The number of halogens is 1. The van der Waals surface area contributed by atoms with Gasteiger partial charge in [-0.15, -0.1) is 10.2 Å². The number of anilines is 1. The fraction of sp³-hybridized carbons (Fsp3) is 0.750. The van der Waals surface area contributed by atoms with E-state index in [1.165, 1.54) is 0 Å². The Hall–Kier alpha value is -0.200. The normalized spacial score (nSPS) is 23.6. The molecule has 1 aliphatic heterocycles. The topological polar surface area (TPSA) is 38.2 Å². The number of aromatic nitrogens is 2. The second-order valence-electron chi connectivity index (χ2n) is 3.32. The van der Waals surface area contributed by atoms with Crippen LogP contribution in [0.15, 0.2) is 3.92 Å². The maximum absolute atomic E-state index is 5.56. The number of rotatable bonds is 1. The maximum Gasteiger partial charge on any atom is 0.209 e. The molecular formula is C8H12BrN3OS. The van der Waals surface area contributed by atoms with Gasteiger partial charge in [-0.1, -0.05) is 11.3 Å². The van der Waals surface area contributed by atoms with Gasteiger partial charge in [0.05, 0.1) is 6.10 Å². The van der Waals surface area contributed by atoms with Crippen LogP contribution < -0.4 is 4.90 Å². The molecule has 0 aromatic carbocycles. The van der Waals surface area contributed by atoms with Crippen LogP contribution in [0.5, 0.6) is 0 Å². The summed E-state index contributed by atoms with van der Waals surface area (Å²) in [5, 5.41) is 9.04. The molecule has 78 valence electrons. The third-order valence-corrected chi connectivity index (χ3v) is 3.53. The van der Waals surface area contributed by atoms with Crippen LogP contribution in [0.2, 0.25) is 0 Å². The predicted octanol–water partition coefficient (Wildman–Crippen LogP) is 1.92. The van der Waals surface area contributed by atoms with Crippen molar-refractivity contribution in [3.05, 3.63) is 3.92 Å². The SMILES string of the molecule is CC1CN(c2nnc(Br)s2)CCCO1. The second kappa shape index (κ2) is 4.55. The smallest absolute Gasteiger partial charge is 0.209 e. The third kappa shape index (κ3) is 2.43. The maximum atomic E-state index is 5.56. The Labute approximate surface area is 95.4 Å². The van der Waals surface area contributed by atoms with Crippen LogP contribution >= 0.6 is 27.3 Å². The zero-order chi connectivity index (χ0) is 9.97. The van der Waals surface area contributed by atoms with Crippen LogP contribution in [0.1, 0.15) is 13.3 Å². The van der Waals surface area contributed by atoms with Gasteiger partial charge in [0.15, 0.2) is 3.92 Å². The summed E-state index contributed by atoms with van der Waals surface area (Å²) in [6.45, 7) is 4.85. The lowest BCUT2D eigenvalue weighted by Crippen LogP contribution is -2.29. The molecule has 1 aromatic rings. The largest absolute Gasteiger partial charge is 0.377 e. The van der Waals surface area contributed by atoms with Crippen LogP contribution in [0.3, 0.4) is 0 Å². The molecule has 0 bridgehead atoms. The molecule has 1 atom stereocenters. The molecule has 1 fully saturated rings. The summed E-state index contributed by atoms with van der Waals surface area (Å²) in [6.07, 6.45) is 1.34. The minimum Gasteiger partial charge on any atom is -0.377 e. The Morgan fingerprint density at radius 2 is 2.43 bits per heavy atom.